The molecule has 5 heteroatoms. The molecule has 3 nitrogen and oxygen atoms in total. The summed E-state index contributed by atoms with van der Waals surface area (Å²) >= 11 is 0. The molecule has 0 heterocycles. The molecule has 0 atom stereocenters. The third kappa shape index (κ3) is 4.02. The molecular weight excluding hydrogens is 246 g/mol. The Morgan fingerprint density at radius 3 is 2.38 bits per heavy atom. The van der Waals surface area contributed by atoms with Crippen LogP contribution < -0.4 is 4.90 Å². The summed E-state index contributed by atoms with van der Waals surface area (Å²) in [5, 5.41) is 0. The Morgan fingerprint density at radius 1 is 1.25 bits per heavy atom. The minimum atomic E-state index is -3.48. The summed E-state index contributed by atoms with van der Waals surface area (Å²) in [6, 6.07) is 7.46. The first-order valence-electron chi connectivity index (χ1n) is 5.22. The van der Waals surface area contributed by atoms with Gasteiger partial charge in [-0.05, 0) is 31.5 Å². The normalized spacial score (nSPS) is 11.4. The first-order valence-corrected chi connectivity index (χ1v) is 7.70. The Kier molecular flexibility index (Phi) is 4.62. The van der Waals surface area contributed by atoms with Crippen molar-refractivity contribution >= 4 is 25.4 Å². The van der Waals surface area contributed by atoms with Gasteiger partial charge in [-0.3, -0.25) is 0 Å². The van der Waals surface area contributed by atoms with Crippen molar-refractivity contribution < 1.29 is 8.42 Å². The first kappa shape index (κ1) is 13.3. The zero-order valence-electron chi connectivity index (χ0n) is 9.48. The highest BCUT2D eigenvalue weighted by molar-refractivity contribution is 8.13. The highest BCUT2D eigenvalue weighted by atomic mass is 35.7. The Bertz CT molecular complexity index is 441. The number of anilines is 1. The molecule has 1 aromatic carbocycles. The molecule has 1 rings (SSSR count). The maximum atomic E-state index is 11.0. The van der Waals surface area contributed by atoms with Gasteiger partial charge in [-0.25, -0.2) is 8.42 Å². The molecule has 0 N–H and O–H groups in total. The molecular formula is C11H16ClNO2S. The number of hydrogen-bond donors (Lipinski definition) is 0. The summed E-state index contributed by atoms with van der Waals surface area (Å²) < 4.78 is 21.9. The molecule has 0 aliphatic rings. The molecule has 0 saturated carbocycles. The predicted octanol–water partition coefficient (Wildman–Crippen LogP) is 2.60. The van der Waals surface area contributed by atoms with E-state index in [1.807, 2.05) is 18.2 Å². The molecule has 0 aliphatic heterocycles. The van der Waals surface area contributed by atoms with Crippen LogP contribution in [0, 0.1) is 0 Å². The van der Waals surface area contributed by atoms with Crippen molar-refractivity contribution in [2.45, 2.75) is 19.6 Å². The van der Waals surface area contributed by atoms with Gasteiger partial charge in [0.2, 0.25) is 9.05 Å². The number of hydrogen-bond acceptors (Lipinski definition) is 3. The van der Waals surface area contributed by atoms with Crippen LogP contribution in [0.25, 0.3) is 0 Å². The second-order valence-corrected chi connectivity index (χ2v) is 6.30. The van der Waals surface area contributed by atoms with Crippen molar-refractivity contribution in [3.8, 4) is 0 Å². The van der Waals surface area contributed by atoms with Crippen LogP contribution in [0.2, 0.25) is 0 Å². The third-order valence-electron chi connectivity index (χ3n) is 2.38. The lowest BCUT2D eigenvalue weighted by Crippen LogP contribution is -2.21. The molecule has 0 spiro atoms. The molecule has 1 aromatic rings. The van der Waals surface area contributed by atoms with E-state index in [1.54, 1.807) is 6.07 Å². The minimum Gasteiger partial charge on any atom is -0.372 e. The van der Waals surface area contributed by atoms with Crippen LogP contribution in [0.5, 0.6) is 0 Å². The van der Waals surface area contributed by atoms with E-state index in [2.05, 4.69) is 18.7 Å². The summed E-state index contributed by atoms with van der Waals surface area (Å²) in [5.74, 6) is -0.121. The van der Waals surface area contributed by atoms with Crippen LogP contribution in [-0.2, 0) is 14.8 Å². The van der Waals surface area contributed by atoms with Crippen molar-refractivity contribution in [1.29, 1.82) is 0 Å². The molecule has 0 aromatic heterocycles. The summed E-state index contributed by atoms with van der Waals surface area (Å²) in [6.07, 6.45) is 0. The van der Waals surface area contributed by atoms with Crippen molar-refractivity contribution in [3.05, 3.63) is 29.8 Å². The van der Waals surface area contributed by atoms with Gasteiger partial charge in [0.1, 0.15) is 0 Å². The molecule has 0 fully saturated rings. The van der Waals surface area contributed by atoms with Gasteiger partial charge in [-0.15, -0.1) is 0 Å². The van der Waals surface area contributed by atoms with E-state index in [0.717, 1.165) is 24.3 Å². The lowest BCUT2D eigenvalue weighted by Gasteiger charge is -2.21. The molecule has 0 unspecified atom stereocenters. The van der Waals surface area contributed by atoms with E-state index >= 15 is 0 Å². The minimum absolute atomic E-state index is 0.121. The van der Waals surface area contributed by atoms with Crippen molar-refractivity contribution in [2.24, 2.45) is 0 Å². The SMILES string of the molecule is CCN(CC)c1cccc(CS(=O)(=O)Cl)c1. The maximum Gasteiger partial charge on any atom is 0.236 e. The van der Waals surface area contributed by atoms with E-state index in [-0.39, 0.29) is 5.75 Å². The average Bonchev–Trinajstić information content (AvgIpc) is 2.17. The summed E-state index contributed by atoms with van der Waals surface area (Å²) in [5.41, 5.74) is 1.75. The maximum absolute atomic E-state index is 11.0. The van der Waals surface area contributed by atoms with E-state index in [0.29, 0.717) is 0 Å². The zero-order chi connectivity index (χ0) is 12.2. The molecule has 0 bridgehead atoms. The standard InChI is InChI=1S/C11H16ClNO2S/c1-3-13(4-2)11-7-5-6-10(8-11)9-16(12,14)15/h5-8H,3-4,9H2,1-2H3. The second kappa shape index (κ2) is 5.55. The summed E-state index contributed by atoms with van der Waals surface area (Å²) in [4.78, 5) is 2.16. The highest BCUT2D eigenvalue weighted by Gasteiger charge is 2.08. The van der Waals surface area contributed by atoms with Gasteiger partial charge in [0.25, 0.3) is 0 Å². The van der Waals surface area contributed by atoms with Crippen LogP contribution in [0.3, 0.4) is 0 Å². The van der Waals surface area contributed by atoms with Crippen molar-refractivity contribution in [2.75, 3.05) is 18.0 Å². The quantitative estimate of drug-likeness (QED) is 0.765. The van der Waals surface area contributed by atoms with Gasteiger partial charge in [-0.1, -0.05) is 12.1 Å². The Labute approximate surface area is 101 Å². The molecule has 0 aliphatic carbocycles. The van der Waals surface area contributed by atoms with Crippen LogP contribution >= 0.6 is 10.7 Å². The molecule has 90 valence electrons. The smallest absolute Gasteiger partial charge is 0.236 e. The lowest BCUT2D eigenvalue weighted by atomic mass is 10.2. The first-order chi connectivity index (χ1) is 7.46. The van der Waals surface area contributed by atoms with Crippen molar-refractivity contribution in [3.63, 3.8) is 0 Å². The lowest BCUT2D eigenvalue weighted by molar-refractivity contribution is 0.609. The predicted molar refractivity (Wildman–Crippen MR) is 68.5 cm³/mol. The Balaban J connectivity index is 2.95. The fraction of sp³-hybridized carbons (Fsp3) is 0.455. The van der Waals surface area contributed by atoms with E-state index in [9.17, 15) is 8.42 Å². The highest BCUT2D eigenvalue weighted by Crippen LogP contribution is 2.18. The average molecular weight is 262 g/mol. The molecule has 0 amide bonds. The van der Waals surface area contributed by atoms with Crippen LogP contribution in [0.4, 0.5) is 5.69 Å². The van der Waals surface area contributed by atoms with Gasteiger partial charge < -0.3 is 4.90 Å². The number of benzene rings is 1. The van der Waals surface area contributed by atoms with E-state index in [1.165, 1.54) is 0 Å². The number of rotatable bonds is 5. The summed E-state index contributed by atoms with van der Waals surface area (Å²) in [7, 11) is 1.75. The third-order valence-corrected chi connectivity index (χ3v) is 3.38. The second-order valence-electron chi connectivity index (χ2n) is 3.53. The Hall–Kier alpha value is -0.740. The number of nitrogens with zero attached hydrogens (tertiary/aromatic N) is 1. The van der Waals surface area contributed by atoms with Crippen LogP contribution in [0.1, 0.15) is 19.4 Å². The van der Waals surface area contributed by atoms with Crippen LogP contribution in [-0.4, -0.2) is 21.5 Å². The van der Waals surface area contributed by atoms with Gasteiger partial charge in [0.15, 0.2) is 0 Å². The fourth-order valence-electron chi connectivity index (χ4n) is 1.63. The van der Waals surface area contributed by atoms with Gasteiger partial charge in [0.05, 0.1) is 5.75 Å². The molecule has 16 heavy (non-hydrogen) atoms. The molecule has 0 radical (unpaired) electrons. The van der Waals surface area contributed by atoms with Gasteiger partial charge >= 0.3 is 0 Å². The largest absolute Gasteiger partial charge is 0.372 e. The fourth-order valence-corrected chi connectivity index (χ4v) is 2.59. The van der Waals surface area contributed by atoms with Gasteiger partial charge in [-0.2, -0.15) is 0 Å². The monoisotopic (exact) mass is 261 g/mol. The van der Waals surface area contributed by atoms with Crippen LogP contribution in [0.15, 0.2) is 24.3 Å². The number of halogens is 1. The molecule has 0 saturated heterocycles. The topological polar surface area (TPSA) is 37.4 Å². The summed E-state index contributed by atoms with van der Waals surface area (Å²) in [6.45, 7) is 5.92. The zero-order valence-corrected chi connectivity index (χ0v) is 11.1. The Morgan fingerprint density at radius 2 is 1.88 bits per heavy atom. The van der Waals surface area contributed by atoms with Gasteiger partial charge in [0, 0.05) is 29.5 Å². The van der Waals surface area contributed by atoms with E-state index < -0.39 is 9.05 Å². The van der Waals surface area contributed by atoms with Crippen molar-refractivity contribution in [1.82, 2.24) is 0 Å². The van der Waals surface area contributed by atoms with E-state index in [4.69, 9.17) is 10.7 Å².